The van der Waals surface area contributed by atoms with Gasteiger partial charge in [0.25, 0.3) is 0 Å². The lowest BCUT2D eigenvalue weighted by molar-refractivity contribution is 0.147. The van der Waals surface area contributed by atoms with E-state index in [0.29, 0.717) is 6.04 Å². The van der Waals surface area contributed by atoms with Crippen molar-refractivity contribution >= 4 is 0 Å². The molecule has 0 aromatic carbocycles. The van der Waals surface area contributed by atoms with Crippen LogP contribution in [0.3, 0.4) is 0 Å². The monoisotopic (exact) mass is 226 g/mol. The molecular weight excluding hydrogens is 196 g/mol. The molecule has 1 fully saturated rings. The van der Waals surface area contributed by atoms with E-state index in [1.165, 1.54) is 51.6 Å². The molecule has 16 heavy (non-hydrogen) atoms. The van der Waals surface area contributed by atoms with E-state index in [9.17, 15) is 0 Å². The zero-order valence-corrected chi connectivity index (χ0v) is 11.5. The molecule has 0 radical (unpaired) electrons. The maximum Gasteiger partial charge on any atom is 0.0192 e. The predicted molar refractivity (Wildman–Crippen MR) is 71.9 cm³/mol. The lowest BCUT2D eigenvalue weighted by atomic mass is 9.94. The summed E-state index contributed by atoms with van der Waals surface area (Å²) in [7, 11) is 0. The van der Waals surface area contributed by atoms with E-state index in [4.69, 9.17) is 0 Å². The maximum absolute atomic E-state index is 3.59. The molecule has 1 N–H and O–H groups in total. The molecule has 0 aliphatic heterocycles. The molecular formula is C14H30N2. The molecule has 1 aliphatic rings. The van der Waals surface area contributed by atoms with Crippen LogP contribution in [-0.4, -0.2) is 36.6 Å². The van der Waals surface area contributed by atoms with E-state index in [2.05, 4.69) is 31.0 Å². The molecule has 1 aliphatic carbocycles. The minimum atomic E-state index is 0.687. The Labute approximate surface area is 102 Å². The summed E-state index contributed by atoms with van der Waals surface area (Å²) in [6.07, 6.45) is 8.45. The maximum atomic E-state index is 3.59. The highest BCUT2D eigenvalue weighted by Crippen LogP contribution is 2.22. The van der Waals surface area contributed by atoms with Crippen LogP contribution in [0.25, 0.3) is 0 Å². The Bertz CT molecular complexity index is 164. The first-order chi connectivity index (χ1) is 7.81. The minimum Gasteiger partial charge on any atom is -0.313 e. The number of likely N-dealkylation sites (N-methyl/N-ethyl adjacent to an activating group) is 2. The van der Waals surface area contributed by atoms with Crippen LogP contribution < -0.4 is 5.32 Å². The van der Waals surface area contributed by atoms with Gasteiger partial charge in [0.2, 0.25) is 0 Å². The largest absolute Gasteiger partial charge is 0.313 e. The van der Waals surface area contributed by atoms with Crippen LogP contribution in [0.5, 0.6) is 0 Å². The van der Waals surface area contributed by atoms with Crippen molar-refractivity contribution < 1.29 is 0 Å². The topological polar surface area (TPSA) is 15.3 Å². The summed E-state index contributed by atoms with van der Waals surface area (Å²) < 4.78 is 0. The van der Waals surface area contributed by atoms with Crippen molar-refractivity contribution in [2.24, 2.45) is 0 Å². The lowest BCUT2D eigenvalue weighted by Crippen LogP contribution is -2.45. The van der Waals surface area contributed by atoms with Gasteiger partial charge >= 0.3 is 0 Å². The summed E-state index contributed by atoms with van der Waals surface area (Å²) in [5.74, 6) is 0. The number of hydrogen-bond donors (Lipinski definition) is 1. The average Bonchev–Trinajstić information content (AvgIpc) is 2.35. The van der Waals surface area contributed by atoms with E-state index in [1.807, 2.05) is 0 Å². The lowest BCUT2D eigenvalue weighted by Gasteiger charge is -2.36. The van der Waals surface area contributed by atoms with E-state index in [0.717, 1.165) is 12.6 Å². The van der Waals surface area contributed by atoms with Gasteiger partial charge in [-0.15, -0.1) is 0 Å². The normalized spacial score (nSPS) is 20.2. The number of hydrogen-bond acceptors (Lipinski definition) is 2. The highest BCUT2D eigenvalue weighted by molar-refractivity contribution is 4.79. The molecule has 96 valence electrons. The second-order valence-electron chi connectivity index (χ2n) is 5.04. The van der Waals surface area contributed by atoms with E-state index in [1.54, 1.807) is 0 Å². The van der Waals surface area contributed by atoms with Crippen molar-refractivity contribution in [1.29, 1.82) is 0 Å². The SMILES string of the molecule is CCNC(CC)CN(CC)C1CCCCC1. The fourth-order valence-electron chi connectivity index (χ4n) is 2.89. The number of rotatable bonds is 7. The van der Waals surface area contributed by atoms with Crippen LogP contribution in [-0.2, 0) is 0 Å². The summed E-state index contributed by atoms with van der Waals surface area (Å²) in [6.45, 7) is 10.4. The summed E-state index contributed by atoms with van der Waals surface area (Å²) in [6, 6.07) is 1.55. The van der Waals surface area contributed by atoms with Crippen LogP contribution in [0, 0.1) is 0 Å². The Morgan fingerprint density at radius 1 is 1.12 bits per heavy atom. The van der Waals surface area contributed by atoms with Crippen molar-refractivity contribution in [2.75, 3.05) is 19.6 Å². The smallest absolute Gasteiger partial charge is 0.0192 e. The van der Waals surface area contributed by atoms with Crippen LogP contribution in [0.1, 0.15) is 59.3 Å². The predicted octanol–water partition coefficient (Wildman–Crippen LogP) is 3.03. The Balaban J connectivity index is 2.39. The Morgan fingerprint density at radius 3 is 2.31 bits per heavy atom. The first kappa shape index (κ1) is 14.0. The second-order valence-corrected chi connectivity index (χ2v) is 5.04. The average molecular weight is 226 g/mol. The van der Waals surface area contributed by atoms with E-state index < -0.39 is 0 Å². The van der Waals surface area contributed by atoms with Crippen molar-refractivity contribution in [3.63, 3.8) is 0 Å². The van der Waals surface area contributed by atoms with E-state index >= 15 is 0 Å². The zero-order chi connectivity index (χ0) is 11.8. The highest BCUT2D eigenvalue weighted by Gasteiger charge is 2.21. The Morgan fingerprint density at radius 2 is 1.81 bits per heavy atom. The number of nitrogens with one attached hydrogen (secondary N) is 1. The van der Waals surface area contributed by atoms with Crippen LogP contribution in [0.2, 0.25) is 0 Å². The molecule has 2 heteroatoms. The van der Waals surface area contributed by atoms with Gasteiger partial charge < -0.3 is 5.32 Å². The van der Waals surface area contributed by atoms with Crippen molar-refractivity contribution in [3.8, 4) is 0 Å². The summed E-state index contributed by atoms with van der Waals surface area (Å²) in [5, 5.41) is 3.59. The molecule has 1 saturated carbocycles. The fourth-order valence-corrected chi connectivity index (χ4v) is 2.89. The quantitative estimate of drug-likeness (QED) is 0.718. The zero-order valence-electron chi connectivity index (χ0n) is 11.5. The van der Waals surface area contributed by atoms with Gasteiger partial charge in [0.05, 0.1) is 0 Å². The molecule has 0 heterocycles. The van der Waals surface area contributed by atoms with Crippen LogP contribution in [0.15, 0.2) is 0 Å². The van der Waals surface area contributed by atoms with Crippen molar-refractivity contribution in [2.45, 2.75) is 71.4 Å². The van der Waals surface area contributed by atoms with Gasteiger partial charge in [0.15, 0.2) is 0 Å². The molecule has 0 saturated heterocycles. The van der Waals surface area contributed by atoms with Gasteiger partial charge in [0, 0.05) is 18.6 Å². The van der Waals surface area contributed by atoms with Crippen LogP contribution >= 0.6 is 0 Å². The van der Waals surface area contributed by atoms with Gasteiger partial charge in [-0.05, 0) is 32.4 Å². The molecule has 0 amide bonds. The van der Waals surface area contributed by atoms with Gasteiger partial charge in [-0.2, -0.15) is 0 Å². The third-order valence-corrected chi connectivity index (χ3v) is 3.94. The van der Waals surface area contributed by atoms with Gasteiger partial charge in [0.1, 0.15) is 0 Å². The second kappa shape index (κ2) is 8.08. The molecule has 0 aromatic rings. The van der Waals surface area contributed by atoms with Crippen molar-refractivity contribution in [1.82, 2.24) is 10.2 Å². The molecule has 0 bridgehead atoms. The molecule has 2 nitrogen and oxygen atoms in total. The summed E-state index contributed by atoms with van der Waals surface area (Å²) in [4.78, 5) is 2.70. The standard InChI is InChI=1S/C14H30N2/c1-4-13(15-5-2)12-16(6-3)14-10-8-7-9-11-14/h13-15H,4-12H2,1-3H3. The van der Waals surface area contributed by atoms with Crippen LogP contribution in [0.4, 0.5) is 0 Å². The molecule has 0 aromatic heterocycles. The molecule has 0 spiro atoms. The minimum absolute atomic E-state index is 0.687. The van der Waals surface area contributed by atoms with Crippen molar-refractivity contribution in [3.05, 3.63) is 0 Å². The first-order valence-electron chi connectivity index (χ1n) is 7.29. The van der Waals surface area contributed by atoms with E-state index in [-0.39, 0.29) is 0 Å². The molecule has 1 atom stereocenters. The van der Waals surface area contributed by atoms with Gasteiger partial charge in [-0.1, -0.05) is 40.0 Å². The first-order valence-corrected chi connectivity index (χ1v) is 7.29. The Kier molecular flexibility index (Phi) is 7.06. The molecule has 1 unspecified atom stereocenters. The number of nitrogens with zero attached hydrogens (tertiary/aromatic N) is 1. The fraction of sp³-hybridized carbons (Fsp3) is 1.00. The summed E-state index contributed by atoms with van der Waals surface area (Å²) >= 11 is 0. The van der Waals surface area contributed by atoms with Gasteiger partial charge in [-0.25, -0.2) is 0 Å². The third kappa shape index (κ3) is 4.42. The highest BCUT2D eigenvalue weighted by atomic mass is 15.2. The molecule has 1 rings (SSSR count). The summed E-state index contributed by atoms with van der Waals surface area (Å²) in [5.41, 5.74) is 0. The van der Waals surface area contributed by atoms with Gasteiger partial charge in [-0.3, -0.25) is 4.90 Å². The third-order valence-electron chi connectivity index (χ3n) is 3.94. The Hall–Kier alpha value is -0.0800.